The molecule has 2 aliphatic heterocycles. The van der Waals surface area contributed by atoms with Gasteiger partial charge in [0.1, 0.15) is 59.3 Å². The van der Waals surface area contributed by atoms with Gasteiger partial charge in [0.05, 0.1) is 0 Å². The van der Waals surface area contributed by atoms with Crippen molar-refractivity contribution in [2.75, 3.05) is 49.4 Å². The first kappa shape index (κ1) is 25.7. The minimum Gasteiger partial charge on any atom is -0.491 e. The van der Waals surface area contributed by atoms with E-state index in [4.69, 9.17) is 18.9 Å². The zero-order valence-corrected chi connectivity index (χ0v) is 20.5. The van der Waals surface area contributed by atoms with Crippen LogP contribution in [0.4, 0.5) is 0 Å². The van der Waals surface area contributed by atoms with Gasteiger partial charge in [0.15, 0.2) is 0 Å². The van der Waals surface area contributed by atoms with Crippen LogP contribution in [-0.4, -0.2) is 93.0 Å². The normalized spacial score (nSPS) is 18.8. The van der Waals surface area contributed by atoms with Crippen molar-refractivity contribution in [2.24, 2.45) is 0 Å². The minimum absolute atomic E-state index is 0.0442. The van der Waals surface area contributed by atoms with Crippen molar-refractivity contribution in [1.29, 1.82) is 0 Å². The standard InChI is InChI=1S/C20H26O8S4/c21-13(11-27-17(23)19-29-4-5-30-19)9-25-15-2-1-3-16(8-15)26-10-14(22)12-28-18(24)20-31-6-7-32-20/h1-3,8,13-14,19-22H,4-7,9-12H2. The van der Waals surface area contributed by atoms with Gasteiger partial charge in [0, 0.05) is 29.1 Å². The third kappa shape index (κ3) is 8.79. The molecule has 0 amide bonds. The first-order chi connectivity index (χ1) is 15.5. The van der Waals surface area contributed by atoms with Gasteiger partial charge in [-0.15, -0.1) is 47.0 Å². The zero-order valence-electron chi connectivity index (χ0n) is 17.3. The summed E-state index contributed by atoms with van der Waals surface area (Å²) in [6.07, 6.45) is -1.90. The molecule has 2 aliphatic rings. The molecule has 0 bridgehead atoms. The van der Waals surface area contributed by atoms with E-state index in [0.717, 1.165) is 23.0 Å². The lowest BCUT2D eigenvalue weighted by molar-refractivity contribution is -0.145. The maximum absolute atomic E-state index is 11.9. The summed E-state index contributed by atoms with van der Waals surface area (Å²) in [6.45, 7) is -0.347. The SMILES string of the molecule is O=C(OCC(O)COc1cccc(OCC(O)COC(=O)C2SCCS2)c1)C1SCCS1. The molecule has 1 aromatic carbocycles. The molecule has 0 saturated carbocycles. The average Bonchev–Trinajstić information content (AvgIpc) is 3.53. The zero-order chi connectivity index (χ0) is 22.8. The van der Waals surface area contributed by atoms with Gasteiger partial charge in [-0.2, -0.15) is 0 Å². The third-order valence-electron chi connectivity index (χ3n) is 4.15. The Morgan fingerprint density at radius 3 is 1.59 bits per heavy atom. The molecule has 0 aromatic heterocycles. The molecule has 2 saturated heterocycles. The highest BCUT2D eigenvalue weighted by Crippen LogP contribution is 2.33. The molecule has 2 atom stereocenters. The number of carbonyl (C=O) groups excluding carboxylic acids is 2. The molecule has 8 nitrogen and oxygen atoms in total. The second-order valence-electron chi connectivity index (χ2n) is 6.81. The summed E-state index contributed by atoms with van der Waals surface area (Å²) in [5, 5.41) is 20.0. The van der Waals surface area contributed by atoms with E-state index >= 15 is 0 Å². The third-order valence-corrected chi connectivity index (χ3v) is 10.0. The minimum atomic E-state index is -0.951. The first-order valence-electron chi connectivity index (χ1n) is 10.0. The van der Waals surface area contributed by atoms with E-state index in [-0.39, 0.29) is 47.5 Å². The Kier molecular flexibility index (Phi) is 11.0. The van der Waals surface area contributed by atoms with E-state index in [1.807, 2.05) is 0 Å². The van der Waals surface area contributed by atoms with E-state index in [1.165, 1.54) is 0 Å². The Hall–Kier alpha value is -0.920. The van der Waals surface area contributed by atoms with Gasteiger partial charge >= 0.3 is 11.9 Å². The van der Waals surface area contributed by atoms with Gasteiger partial charge in [0.2, 0.25) is 0 Å². The monoisotopic (exact) mass is 522 g/mol. The lowest BCUT2D eigenvalue weighted by atomic mass is 10.3. The molecule has 0 radical (unpaired) electrons. The molecular weight excluding hydrogens is 496 g/mol. The Balaban J connectivity index is 1.32. The quantitative estimate of drug-likeness (QED) is 0.391. The van der Waals surface area contributed by atoms with Crippen LogP contribution >= 0.6 is 47.0 Å². The molecule has 2 unspecified atom stereocenters. The Labute approximate surface area is 203 Å². The van der Waals surface area contributed by atoms with Crippen LogP contribution in [0.15, 0.2) is 24.3 Å². The number of carbonyl (C=O) groups is 2. The Morgan fingerprint density at radius 2 is 1.19 bits per heavy atom. The molecular formula is C20H26O8S4. The van der Waals surface area contributed by atoms with Crippen LogP contribution < -0.4 is 9.47 Å². The van der Waals surface area contributed by atoms with E-state index in [0.29, 0.717) is 11.5 Å². The predicted molar refractivity (Wildman–Crippen MR) is 129 cm³/mol. The van der Waals surface area contributed by atoms with Crippen LogP contribution in [0.2, 0.25) is 0 Å². The number of hydrogen-bond donors (Lipinski definition) is 2. The summed E-state index contributed by atoms with van der Waals surface area (Å²) < 4.78 is 20.9. The number of aliphatic hydroxyl groups is 2. The van der Waals surface area contributed by atoms with E-state index in [1.54, 1.807) is 71.3 Å². The van der Waals surface area contributed by atoms with Crippen LogP contribution in [0, 0.1) is 0 Å². The number of esters is 2. The fraction of sp³-hybridized carbons (Fsp3) is 0.600. The Morgan fingerprint density at radius 1 is 0.781 bits per heavy atom. The van der Waals surface area contributed by atoms with Gasteiger partial charge < -0.3 is 29.2 Å². The number of rotatable bonds is 12. The number of thioether (sulfide) groups is 4. The summed E-state index contributed by atoms with van der Waals surface area (Å²) >= 11 is 6.19. The highest BCUT2D eigenvalue weighted by Gasteiger charge is 2.27. The summed E-state index contributed by atoms with van der Waals surface area (Å²) in [6, 6.07) is 6.74. The van der Waals surface area contributed by atoms with Crippen molar-refractivity contribution in [3.8, 4) is 11.5 Å². The van der Waals surface area contributed by atoms with Crippen molar-refractivity contribution in [3.63, 3.8) is 0 Å². The number of benzene rings is 1. The highest BCUT2D eigenvalue weighted by molar-refractivity contribution is 8.21. The lowest BCUT2D eigenvalue weighted by Crippen LogP contribution is -2.27. The topological polar surface area (TPSA) is 112 Å². The number of hydrogen-bond acceptors (Lipinski definition) is 12. The molecule has 3 rings (SSSR count). The molecule has 1 aromatic rings. The molecule has 0 spiro atoms. The summed E-state index contributed by atoms with van der Waals surface area (Å²) in [4.78, 5) is 23.7. The molecule has 2 fully saturated rings. The van der Waals surface area contributed by atoms with Crippen LogP contribution in [0.5, 0.6) is 11.5 Å². The lowest BCUT2D eigenvalue weighted by Gasteiger charge is -2.16. The molecule has 2 heterocycles. The average molecular weight is 523 g/mol. The summed E-state index contributed by atoms with van der Waals surface area (Å²) in [5.74, 6) is 3.99. The van der Waals surface area contributed by atoms with Crippen LogP contribution in [0.25, 0.3) is 0 Å². The smallest absolute Gasteiger partial charge is 0.329 e. The maximum Gasteiger partial charge on any atom is 0.329 e. The molecule has 2 N–H and O–H groups in total. The van der Waals surface area contributed by atoms with Crippen molar-refractivity contribution < 1.29 is 38.7 Å². The van der Waals surface area contributed by atoms with Gasteiger partial charge in [-0.1, -0.05) is 6.07 Å². The second kappa shape index (κ2) is 13.7. The number of ether oxygens (including phenoxy) is 4. The fourth-order valence-electron chi connectivity index (χ4n) is 2.62. The van der Waals surface area contributed by atoms with Crippen LogP contribution in [-0.2, 0) is 19.1 Å². The van der Waals surface area contributed by atoms with Crippen LogP contribution in [0.1, 0.15) is 0 Å². The first-order valence-corrected chi connectivity index (χ1v) is 14.2. The molecule has 178 valence electrons. The summed E-state index contributed by atoms with van der Waals surface area (Å²) in [5.41, 5.74) is 0. The summed E-state index contributed by atoms with van der Waals surface area (Å²) in [7, 11) is 0. The Bertz CT molecular complexity index is 683. The van der Waals surface area contributed by atoms with Crippen molar-refractivity contribution >= 4 is 59.0 Å². The largest absolute Gasteiger partial charge is 0.491 e. The van der Waals surface area contributed by atoms with Crippen molar-refractivity contribution in [2.45, 2.75) is 21.4 Å². The molecule has 32 heavy (non-hydrogen) atoms. The van der Waals surface area contributed by atoms with Crippen molar-refractivity contribution in [3.05, 3.63) is 24.3 Å². The van der Waals surface area contributed by atoms with E-state index in [9.17, 15) is 19.8 Å². The van der Waals surface area contributed by atoms with Crippen LogP contribution in [0.3, 0.4) is 0 Å². The maximum atomic E-state index is 11.9. The van der Waals surface area contributed by atoms with E-state index < -0.39 is 12.2 Å². The molecule has 0 aliphatic carbocycles. The fourth-order valence-corrected chi connectivity index (χ4v) is 7.75. The molecule has 12 heteroatoms. The van der Waals surface area contributed by atoms with Crippen molar-refractivity contribution in [1.82, 2.24) is 0 Å². The van der Waals surface area contributed by atoms with Gasteiger partial charge in [-0.05, 0) is 12.1 Å². The number of aliphatic hydroxyl groups excluding tert-OH is 2. The second-order valence-corrected chi connectivity index (χ2v) is 12.3. The highest BCUT2D eigenvalue weighted by atomic mass is 32.2. The van der Waals surface area contributed by atoms with Gasteiger partial charge in [0.25, 0.3) is 0 Å². The predicted octanol–water partition coefficient (Wildman–Crippen LogP) is 1.86. The van der Waals surface area contributed by atoms with Gasteiger partial charge in [-0.25, -0.2) is 9.59 Å². The van der Waals surface area contributed by atoms with E-state index in [2.05, 4.69) is 0 Å². The van der Waals surface area contributed by atoms with Gasteiger partial charge in [-0.3, -0.25) is 0 Å².